The Morgan fingerprint density at radius 3 is 2.65 bits per heavy atom. The Morgan fingerprint density at radius 1 is 1.23 bits per heavy atom. The number of urea groups is 1. The number of rotatable bonds is 5. The Morgan fingerprint density at radius 2 is 2.00 bits per heavy atom. The molecule has 0 spiro atoms. The van der Waals surface area contributed by atoms with Gasteiger partial charge in [0.1, 0.15) is 0 Å². The van der Waals surface area contributed by atoms with Gasteiger partial charge < -0.3 is 15.5 Å². The van der Waals surface area contributed by atoms with Crippen LogP contribution in [0.15, 0.2) is 42.5 Å². The highest BCUT2D eigenvalue weighted by atomic mass is 16.2. The predicted molar refractivity (Wildman–Crippen MR) is 102 cm³/mol. The third kappa shape index (κ3) is 4.59. The van der Waals surface area contributed by atoms with Crippen molar-refractivity contribution in [1.29, 1.82) is 0 Å². The fraction of sp³-hybridized carbons (Fsp3) is 0.350. The molecular weight excluding hydrogens is 328 g/mol. The number of nitrogens with one attached hydrogen (secondary N) is 2. The van der Waals surface area contributed by atoms with Crippen LogP contribution in [0.25, 0.3) is 0 Å². The SMILES string of the molecule is Cc1cccc(CC(C)NC(=O)Nc2ccc(N3CCCC3=O)cc2)n1. The van der Waals surface area contributed by atoms with E-state index in [1.165, 1.54) is 0 Å². The summed E-state index contributed by atoms with van der Waals surface area (Å²) in [6.45, 7) is 4.66. The minimum atomic E-state index is -0.254. The van der Waals surface area contributed by atoms with Crippen LogP contribution < -0.4 is 15.5 Å². The number of carbonyl (C=O) groups excluding carboxylic acids is 2. The number of hydrogen-bond acceptors (Lipinski definition) is 3. The van der Waals surface area contributed by atoms with E-state index in [4.69, 9.17) is 0 Å². The van der Waals surface area contributed by atoms with Gasteiger partial charge in [0.15, 0.2) is 0 Å². The number of carbonyl (C=O) groups is 2. The molecule has 1 atom stereocenters. The Bertz CT molecular complexity index is 789. The molecule has 6 heteroatoms. The molecule has 1 aliphatic heterocycles. The number of nitrogens with zero attached hydrogens (tertiary/aromatic N) is 2. The van der Waals surface area contributed by atoms with Gasteiger partial charge in [0.25, 0.3) is 0 Å². The van der Waals surface area contributed by atoms with Gasteiger partial charge in [0, 0.05) is 48.2 Å². The van der Waals surface area contributed by atoms with Gasteiger partial charge in [-0.3, -0.25) is 9.78 Å². The van der Waals surface area contributed by atoms with Crippen LogP contribution >= 0.6 is 0 Å². The average molecular weight is 352 g/mol. The number of pyridine rings is 1. The molecule has 0 bridgehead atoms. The molecule has 3 rings (SSSR count). The van der Waals surface area contributed by atoms with Crippen molar-refractivity contribution in [3.05, 3.63) is 53.9 Å². The van der Waals surface area contributed by atoms with Gasteiger partial charge >= 0.3 is 6.03 Å². The second-order valence-corrected chi connectivity index (χ2v) is 6.67. The highest BCUT2D eigenvalue weighted by molar-refractivity contribution is 5.96. The largest absolute Gasteiger partial charge is 0.335 e. The van der Waals surface area contributed by atoms with Crippen LogP contribution in [0, 0.1) is 6.92 Å². The normalized spacial score (nSPS) is 15.0. The maximum absolute atomic E-state index is 12.2. The molecule has 3 amide bonds. The van der Waals surface area contributed by atoms with E-state index in [9.17, 15) is 9.59 Å². The summed E-state index contributed by atoms with van der Waals surface area (Å²) in [5.74, 6) is 0.155. The van der Waals surface area contributed by atoms with Crippen molar-refractivity contribution >= 4 is 23.3 Å². The number of aryl methyl sites for hydroxylation is 1. The predicted octanol–water partition coefficient (Wildman–Crippen LogP) is 3.27. The lowest BCUT2D eigenvalue weighted by atomic mass is 10.1. The van der Waals surface area contributed by atoms with Gasteiger partial charge in [-0.25, -0.2) is 4.79 Å². The van der Waals surface area contributed by atoms with E-state index in [0.29, 0.717) is 18.5 Å². The molecule has 6 nitrogen and oxygen atoms in total. The third-order valence-corrected chi connectivity index (χ3v) is 4.35. The van der Waals surface area contributed by atoms with Gasteiger partial charge in [-0.05, 0) is 56.7 Å². The lowest BCUT2D eigenvalue weighted by Gasteiger charge is -2.17. The number of aromatic nitrogens is 1. The molecule has 0 aliphatic carbocycles. The van der Waals surface area contributed by atoms with E-state index >= 15 is 0 Å². The minimum absolute atomic E-state index is 0.0363. The van der Waals surface area contributed by atoms with Crippen LogP contribution in [-0.2, 0) is 11.2 Å². The first-order chi connectivity index (χ1) is 12.5. The van der Waals surface area contributed by atoms with Gasteiger partial charge in [-0.15, -0.1) is 0 Å². The van der Waals surface area contributed by atoms with Crippen molar-refractivity contribution in [3.63, 3.8) is 0 Å². The highest BCUT2D eigenvalue weighted by Gasteiger charge is 2.21. The number of anilines is 2. The fourth-order valence-electron chi connectivity index (χ4n) is 3.11. The van der Waals surface area contributed by atoms with Crippen molar-refractivity contribution in [2.45, 2.75) is 39.2 Å². The Labute approximate surface area is 153 Å². The summed E-state index contributed by atoms with van der Waals surface area (Å²) in [6, 6.07) is 12.9. The summed E-state index contributed by atoms with van der Waals surface area (Å²) < 4.78 is 0. The molecule has 1 aromatic carbocycles. The highest BCUT2D eigenvalue weighted by Crippen LogP contribution is 2.22. The molecule has 2 heterocycles. The fourth-order valence-corrected chi connectivity index (χ4v) is 3.11. The van der Waals surface area contributed by atoms with Crippen LogP contribution in [0.2, 0.25) is 0 Å². The molecule has 1 saturated heterocycles. The monoisotopic (exact) mass is 352 g/mol. The standard InChI is InChI=1S/C20H24N4O2/c1-14-5-3-6-17(21-14)13-15(2)22-20(26)23-16-8-10-18(11-9-16)24-12-4-7-19(24)25/h3,5-6,8-11,15H,4,7,12-13H2,1-2H3,(H2,22,23,26). The van der Waals surface area contributed by atoms with E-state index in [1.807, 2.05) is 56.3 Å². The van der Waals surface area contributed by atoms with Crippen LogP contribution in [0.3, 0.4) is 0 Å². The molecule has 0 saturated carbocycles. The molecule has 1 aliphatic rings. The lowest BCUT2D eigenvalue weighted by Crippen LogP contribution is -2.37. The van der Waals surface area contributed by atoms with Crippen molar-refractivity contribution in [1.82, 2.24) is 10.3 Å². The summed E-state index contributed by atoms with van der Waals surface area (Å²) in [5, 5.41) is 5.74. The van der Waals surface area contributed by atoms with Crippen molar-refractivity contribution in [2.24, 2.45) is 0 Å². The topological polar surface area (TPSA) is 74.3 Å². The zero-order chi connectivity index (χ0) is 18.5. The Balaban J connectivity index is 1.52. The van der Waals surface area contributed by atoms with Crippen molar-refractivity contribution in [2.75, 3.05) is 16.8 Å². The average Bonchev–Trinajstić information content (AvgIpc) is 3.01. The zero-order valence-electron chi connectivity index (χ0n) is 15.2. The van der Waals surface area contributed by atoms with Gasteiger partial charge in [-0.2, -0.15) is 0 Å². The number of amides is 3. The third-order valence-electron chi connectivity index (χ3n) is 4.35. The molecule has 1 unspecified atom stereocenters. The lowest BCUT2D eigenvalue weighted by molar-refractivity contribution is -0.117. The molecule has 1 aromatic heterocycles. The van der Waals surface area contributed by atoms with E-state index in [0.717, 1.165) is 30.0 Å². The number of hydrogen-bond donors (Lipinski definition) is 2. The molecule has 1 fully saturated rings. The summed E-state index contributed by atoms with van der Waals surface area (Å²) in [4.78, 5) is 30.2. The number of benzene rings is 1. The quantitative estimate of drug-likeness (QED) is 0.867. The van der Waals surface area contributed by atoms with Crippen LogP contribution in [0.4, 0.5) is 16.2 Å². The Kier molecular flexibility index (Phi) is 5.51. The maximum Gasteiger partial charge on any atom is 0.319 e. The molecular formula is C20H24N4O2. The zero-order valence-corrected chi connectivity index (χ0v) is 15.2. The first-order valence-electron chi connectivity index (χ1n) is 8.92. The van der Waals surface area contributed by atoms with Crippen LogP contribution in [0.1, 0.15) is 31.2 Å². The summed E-state index contributed by atoms with van der Waals surface area (Å²) in [5.41, 5.74) is 3.49. The van der Waals surface area contributed by atoms with Gasteiger partial charge in [0.2, 0.25) is 5.91 Å². The first-order valence-corrected chi connectivity index (χ1v) is 8.92. The van der Waals surface area contributed by atoms with Crippen LogP contribution in [0.5, 0.6) is 0 Å². The molecule has 0 radical (unpaired) electrons. The summed E-state index contributed by atoms with van der Waals surface area (Å²) in [6.07, 6.45) is 2.18. The molecule has 2 N–H and O–H groups in total. The van der Waals surface area contributed by atoms with Gasteiger partial charge in [-0.1, -0.05) is 6.07 Å². The van der Waals surface area contributed by atoms with E-state index < -0.39 is 0 Å². The molecule has 136 valence electrons. The second kappa shape index (κ2) is 7.99. The van der Waals surface area contributed by atoms with Crippen molar-refractivity contribution < 1.29 is 9.59 Å². The first kappa shape index (κ1) is 17.9. The van der Waals surface area contributed by atoms with E-state index in [-0.39, 0.29) is 18.0 Å². The minimum Gasteiger partial charge on any atom is -0.335 e. The summed E-state index contributed by atoms with van der Waals surface area (Å²) >= 11 is 0. The molecule has 26 heavy (non-hydrogen) atoms. The maximum atomic E-state index is 12.2. The smallest absolute Gasteiger partial charge is 0.319 e. The van der Waals surface area contributed by atoms with E-state index in [2.05, 4.69) is 15.6 Å². The summed E-state index contributed by atoms with van der Waals surface area (Å²) in [7, 11) is 0. The van der Waals surface area contributed by atoms with Crippen molar-refractivity contribution in [3.8, 4) is 0 Å². The van der Waals surface area contributed by atoms with E-state index in [1.54, 1.807) is 4.90 Å². The Hall–Kier alpha value is -2.89. The van der Waals surface area contributed by atoms with Gasteiger partial charge in [0.05, 0.1) is 0 Å². The second-order valence-electron chi connectivity index (χ2n) is 6.67. The molecule has 2 aromatic rings. The van der Waals surface area contributed by atoms with Crippen LogP contribution in [-0.4, -0.2) is 29.5 Å².